The van der Waals surface area contributed by atoms with Crippen LogP contribution in [-0.2, 0) is 0 Å². The number of benzene rings is 1. The number of rotatable bonds is 2. The lowest BCUT2D eigenvalue weighted by atomic mass is 10.2. The van der Waals surface area contributed by atoms with E-state index in [0.29, 0.717) is 23.4 Å². The fourth-order valence-electron chi connectivity index (χ4n) is 2.50. The highest BCUT2D eigenvalue weighted by Crippen LogP contribution is 2.39. The number of carbonyl (C=O) groups is 1. The van der Waals surface area contributed by atoms with Crippen molar-refractivity contribution in [3.05, 3.63) is 23.1 Å². The van der Waals surface area contributed by atoms with Gasteiger partial charge < -0.3 is 19.6 Å². The zero-order valence-corrected chi connectivity index (χ0v) is 12.9. The molecule has 3 rings (SSSR count). The van der Waals surface area contributed by atoms with E-state index in [9.17, 15) is 9.90 Å². The van der Waals surface area contributed by atoms with Gasteiger partial charge in [0.25, 0.3) is 12.2 Å². The smallest absolute Gasteiger partial charge is 0.292 e. The summed E-state index contributed by atoms with van der Waals surface area (Å²) < 4.78 is 5.64. The summed E-state index contributed by atoms with van der Waals surface area (Å²) in [4.78, 5) is 17.2. The minimum Gasteiger partial charge on any atom is -0.504 e. The molecule has 1 amide bonds. The van der Waals surface area contributed by atoms with Crippen LogP contribution in [0.25, 0.3) is 10.1 Å². The average Bonchev–Trinajstić information content (AvgIpc) is 2.95. The largest absolute Gasteiger partial charge is 0.504 e. The molecule has 1 aliphatic heterocycles. The second kappa shape index (κ2) is 5.83. The van der Waals surface area contributed by atoms with Crippen molar-refractivity contribution in [2.24, 2.45) is 0 Å². The Morgan fingerprint density at radius 1 is 1.36 bits per heavy atom. The number of carbonyl (C=O) groups excluding carboxylic acids is 1. The van der Waals surface area contributed by atoms with Crippen LogP contribution in [0.5, 0.6) is 11.5 Å². The number of aromatic hydroxyl groups is 1. The van der Waals surface area contributed by atoms with E-state index in [1.807, 2.05) is 11.9 Å². The molecule has 0 aliphatic carbocycles. The monoisotopic (exact) mass is 317 g/mol. The first kappa shape index (κ1) is 14.6. The van der Waals surface area contributed by atoms with Crippen molar-refractivity contribution in [3.8, 4) is 17.8 Å². The van der Waals surface area contributed by atoms with Crippen LogP contribution < -0.4 is 4.74 Å². The van der Waals surface area contributed by atoms with Crippen LogP contribution in [0.15, 0.2) is 18.2 Å². The standard InChI is InChI=1S/C15H15N3O3S/c1-17-4-6-18(7-5-17)15(20)13-8-10-12(22-13)3-2-11(19)14(10)21-9-16/h2-3,8,19H,4-7H2,1H3. The molecule has 1 fully saturated rings. The molecular weight excluding hydrogens is 302 g/mol. The second-order valence-corrected chi connectivity index (χ2v) is 6.31. The van der Waals surface area contributed by atoms with E-state index in [1.54, 1.807) is 18.4 Å². The van der Waals surface area contributed by atoms with Crippen LogP contribution in [0.4, 0.5) is 0 Å². The second-order valence-electron chi connectivity index (χ2n) is 5.23. The molecule has 1 N–H and O–H groups in total. The third-order valence-electron chi connectivity index (χ3n) is 3.78. The molecule has 0 radical (unpaired) electrons. The lowest BCUT2D eigenvalue weighted by Crippen LogP contribution is -2.46. The molecule has 1 aromatic heterocycles. The Morgan fingerprint density at radius 2 is 2.09 bits per heavy atom. The molecule has 6 nitrogen and oxygen atoms in total. The third kappa shape index (κ3) is 2.58. The SMILES string of the molecule is CN1CCN(C(=O)c2cc3c(OC#N)c(O)ccc3s2)CC1. The van der Waals surface area contributed by atoms with Gasteiger partial charge in [0.1, 0.15) is 0 Å². The van der Waals surface area contributed by atoms with Gasteiger partial charge in [-0.05, 0) is 25.2 Å². The molecule has 2 heterocycles. The minimum atomic E-state index is -0.106. The number of phenols is 1. The molecule has 0 atom stereocenters. The Kier molecular flexibility index (Phi) is 3.88. The number of ether oxygens (including phenoxy) is 1. The number of fused-ring (bicyclic) bond motifs is 1. The Labute approximate surface area is 131 Å². The minimum absolute atomic E-state index is 0.0169. The zero-order valence-electron chi connectivity index (χ0n) is 12.1. The summed E-state index contributed by atoms with van der Waals surface area (Å²) in [6.45, 7) is 3.13. The molecule has 1 aromatic carbocycles. The lowest BCUT2D eigenvalue weighted by molar-refractivity contribution is 0.0669. The average molecular weight is 317 g/mol. The maximum atomic E-state index is 12.6. The maximum Gasteiger partial charge on any atom is 0.292 e. The molecule has 1 aliphatic rings. The molecule has 1 saturated heterocycles. The van der Waals surface area contributed by atoms with Crippen LogP contribution in [0, 0.1) is 11.5 Å². The highest BCUT2D eigenvalue weighted by atomic mass is 32.1. The van der Waals surface area contributed by atoms with Crippen molar-refractivity contribution in [1.29, 1.82) is 5.26 Å². The van der Waals surface area contributed by atoms with Crippen LogP contribution >= 0.6 is 11.3 Å². The van der Waals surface area contributed by atoms with Gasteiger partial charge >= 0.3 is 0 Å². The first-order valence-corrected chi connectivity index (χ1v) is 7.71. The van der Waals surface area contributed by atoms with Gasteiger partial charge in [-0.3, -0.25) is 4.79 Å². The highest BCUT2D eigenvalue weighted by molar-refractivity contribution is 7.20. The van der Waals surface area contributed by atoms with Crippen molar-refractivity contribution in [1.82, 2.24) is 9.80 Å². The van der Waals surface area contributed by atoms with Gasteiger partial charge in [-0.15, -0.1) is 16.6 Å². The summed E-state index contributed by atoms with van der Waals surface area (Å²) >= 11 is 1.34. The molecule has 0 bridgehead atoms. The van der Waals surface area contributed by atoms with Gasteiger partial charge in [0.05, 0.1) is 4.88 Å². The highest BCUT2D eigenvalue weighted by Gasteiger charge is 2.23. The number of piperazine rings is 1. The molecule has 114 valence electrons. The van der Waals surface area contributed by atoms with Gasteiger partial charge in [0.15, 0.2) is 11.5 Å². The molecule has 2 aromatic rings. The fraction of sp³-hybridized carbons (Fsp3) is 0.333. The van der Waals surface area contributed by atoms with Gasteiger partial charge in [0.2, 0.25) is 0 Å². The summed E-state index contributed by atoms with van der Waals surface area (Å²) in [6.07, 6.45) is 1.57. The summed E-state index contributed by atoms with van der Waals surface area (Å²) in [7, 11) is 2.04. The van der Waals surface area contributed by atoms with Gasteiger partial charge in [-0.1, -0.05) is 0 Å². The van der Waals surface area contributed by atoms with Crippen molar-refractivity contribution in [2.75, 3.05) is 33.2 Å². The van der Waals surface area contributed by atoms with E-state index in [-0.39, 0.29) is 17.4 Å². The van der Waals surface area contributed by atoms with Crippen LogP contribution in [0.1, 0.15) is 9.67 Å². The number of nitrogens with zero attached hydrogens (tertiary/aromatic N) is 3. The summed E-state index contributed by atoms with van der Waals surface area (Å²) in [5.74, 6) is -0.0178. The van der Waals surface area contributed by atoms with Crippen LogP contribution in [0.3, 0.4) is 0 Å². The normalized spacial score (nSPS) is 15.7. The topological polar surface area (TPSA) is 76.8 Å². The fourth-order valence-corrected chi connectivity index (χ4v) is 3.53. The molecule has 0 saturated carbocycles. The van der Waals surface area contributed by atoms with Gasteiger partial charge in [0, 0.05) is 36.3 Å². The third-order valence-corrected chi connectivity index (χ3v) is 4.87. The van der Waals surface area contributed by atoms with E-state index >= 15 is 0 Å². The molecule has 0 spiro atoms. The molecule has 22 heavy (non-hydrogen) atoms. The van der Waals surface area contributed by atoms with E-state index in [1.165, 1.54) is 17.4 Å². The summed E-state index contributed by atoms with van der Waals surface area (Å²) in [5.41, 5.74) is 0. The van der Waals surface area contributed by atoms with E-state index in [2.05, 4.69) is 4.90 Å². The first-order valence-electron chi connectivity index (χ1n) is 6.89. The van der Waals surface area contributed by atoms with E-state index in [0.717, 1.165) is 17.8 Å². The number of hydrogen-bond acceptors (Lipinski definition) is 6. The zero-order chi connectivity index (χ0) is 15.7. The van der Waals surface area contributed by atoms with Crippen molar-refractivity contribution in [3.63, 3.8) is 0 Å². The van der Waals surface area contributed by atoms with E-state index < -0.39 is 0 Å². The number of nitriles is 1. The van der Waals surface area contributed by atoms with Crippen molar-refractivity contribution in [2.45, 2.75) is 0 Å². The Morgan fingerprint density at radius 3 is 2.77 bits per heavy atom. The van der Waals surface area contributed by atoms with Crippen molar-refractivity contribution < 1.29 is 14.6 Å². The number of likely N-dealkylation sites (N-methyl/N-ethyl adjacent to an activating group) is 1. The van der Waals surface area contributed by atoms with Gasteiger partial charge in [-0.2, -0.15) is 0 Å². The first-order chi connectivity index (χ1) is 10.6. The van der Waals surface area contributed by atoms with Crippen LogP contribution in [-0.4, -0.2) is 54.0 Å². The molecule has 7 heteroatoms. The Hall–Kier alpha value is -2.30. The number of amides is 1. The molecule has 0 unspecified atom stereocenters. The van der Waals surface area contributed by atoms with Crippen LogP contribution in [0.2, 0.25) is 0 Å². The molecular formula is C15H15N3O3S. The quantitative estimate of drug-likeness (QED) is 0.856. The predicted molar refractivity (Wildman–Crippen MR) is 83.1 cm³/mol. The van der Waals surface area contributed by atoms with E-state index in [4.69, 9.17) is 10.00 Å². The Balaban J connectivity index is 1.93. The number of phenolic OH excluding ortho intramolecular Hbond substituents is 1. The lowest BCUT2D eigenvalue weighted by Gasteiger charge is -2.32. The number of hydrogen-bond donors (Lipinski definition) is 1. The predicted octanol–water partition coefficient (Wildman–Crippen LogP) is 1.85. The maximum absolute atomic E-state index is 12.6. The van der Waals surface area contributed by atoms with Crippen molar-refractivity contribution >= 4 is 27.3 Å². The number of thiophene rings is 1. The summed E-state index contributed by atoms with van der Waals surface area (Å²) in [5, 5.41) is 19.1. The summed E-state index contributed by atoms with van der Waals surface area (Å²) in [6, 6.07) is 4.88. The Bertz CT molecular complexity index is 757. The van der Waals surface area contributed by atoms with Gasteiger partial charge in [-0.25, -0.2) is 0 Å².